The molecule has 0 amide bonds. The highest BCUT2D eigenvalue weighted by Crippen LogP contribution is 2.36. The van der Waals surface area contributed by atoms with Gasteiger partial charge in [0.15, 0.2) is 17.1 Å². The fourth-order valence-electron chi connectivity index (χ4n) is 3.90. The number of fused-ring (bicyclic) bond motifs is 3. The van der Waals surface area contributed by atoms with Crippen molar-refractivity contribution in [2.75, 3.05) is 0 Å². The third-order valence-corrected chi connectivity index (χ3v) is 6.54. The van der Waals surface area contributed by atoms with Crippen LogP contribution in [0.1, 0.15) is 46.0 Å². The van der Waals surface area contributed by atoms with E-state index in [4.69, 9.17) is 16.7 Å². The van der Waals surface area contributed by atoms with Crippen LogP contribution in [0.2, 0.25) is 5.02 Å². The monoisotopic (exact) mass is 408 g/mol. The fraction of sp³-hybridized carbons (Fsp3) is 0.238. The summed E-state index contributed by atoms with van der Waals surface area (Å²) in [6.07, 6.45) is 1.97. The van der Waals surface area contributed by atoms with E-state index in [0.29, 0.717) is 22.8 Å². The number of thiophene rings is 1. The highest BCUT2D eigenvalue weighted by molar-refractivity contribution is 7.10. The van der Waals surface area contributed by atoms with E-state index in [0.717, 1.165) is 35.4 Å². The number of ketones is 1. The third kappa shape index (κ3) is 2.75. The predicted octanol–water partition coefficient (Wildman–Crippen LogP) is 4.98. The Hall–Kier alpha value is -2.57. The van der Waals surface area contributed by atoms with Crippen LogP contribution in [0.3, 0.4) is 0 Å². The van der Waals surface area contributed by atoms with Gasteiger partial charge in [0.2, 0.25) is 0 Å². The van der Waals surface area contributed by atoms with Gasteiger partial charge in [-0.1, -0.05) is 36.7 Å². The second-order valence-corrected chi connectivity index (χ2v) is 8.37. The number of carbonyl (C=O) groups is 1. The van der Waals surface area contributed by atoms with E-state index in [2.05, 4.69) is 28.6 Å². The summed E-state index contributed by atoms with van der Waals surface area (Å²) in [6.45, 7) is 2.07. The Kier molecular flexibility index (Phi) is 4.25. The number of hydrogen-bond acceptors (Lipinski definition) is 5. The van der Waals surface area contributed by atoms with Crippen molar-refractivity contribution in [2.24, 2.45) is 0 Å². The molecule has 1 aliphatic carbocycles. The normalized spacial score (nSPS) is 16.5. The highest BCUT2D eigenvalue weighted by Gasteiger charge is 2.32. The molecule has 0 N–H and O–H groups in total. The first-order valence-corrected chi connectivity index (χ1v) is 10.5. The lowest BCUT2D eigenvalue weighted by Crippen LogP contribution is -2.23. The number of benzene rings is 1. The Labute approximate surface area is 171 Å². The molecule has 4 aromatic rings. The molecule has 0 spiro atoms. The summed E-state index contributed by atoms with van der Waals surface area (Å²) in [5, 5.41) is 16.3. The lowest BCUT2D eigenvalue weighted by molar-refractivity contribution is 0.0956. The van der Waals surface area contributed by atoms with Crippen molar-refractivity contribution < 1.29 is 4.79 Å². The van der Waals surface area contributed by atoms with Crippen molar-refractivity contribution in [1.82, 2.24) is 19.8 Å². The molecule has 140 valence electrons. The van der Waals surface area contributed by atoms with Crippen LogP contribution in [-0.4, -0.2) is 25.6 Å². The van der Waals surface area contributed by atoms with Crippen LogP contribution >= 0.6 is 22.9 Å². The standard InChI is InChI=1S/C21H17ClN4OS/c1-2-15-19(12-5-7-14(22)8-6-12)21-24-23-20-16(26(21)25-15)10-13(11-17(20)27)18-4-3-9-28-18/h3-9,13H,2,10-11H2,1H3. The summed E-state index contributed by atoms with van der Waals surface area (Å²) < 4.78 is 1.84. The highest BCUT2D eigenvalue weighted by atomic mass is 35.5. The van der Waals surface area contributed by atoms with Gasteiger partial charge in [-0.25, -0.2) is 4.52 Å². The number of Topliss-reactive ketones (excluding diaryl/α,β-unsaturated/α-hetero) is 1. The lowest BCUT2D eigenvalue weighted by Gasteiger charge is -2.21. The first kappa shape index (κ1) is 17.5. The summed E-state index contributed by atoms with van der Waals surface area (Å²) in [6, 6.07) is 11.8. The van der Waals surface area contributed by atoms with Crippen molar-refractivity contribution in [3.63, 3.8) is 0 Å². The molecule has 0 saturated heterocycles. The van der Waals surface area contributed by atoms with E-state index in [9.17, 15) is 4.79 Å². The minimum Gasteiger partial charge on any atom is -0.292 e. The fourth-order valence-corrected chi connectivity index (χ4v) is 4.86. The molecule has 5 nitrogen and oxygen atoms in total. The van der Waals surface area contributed by atoms with Crippen molar-refractivity contribution in [1.29, 1.82) is 0 Å². The number of aryl methyl sites for hydroxylation is 1. The summed E-state index contributed by atoms with van der Waals surface area (Å²) in [4.78, 5) is 14.0. The SMILES string of the molecule is CCc1nn2c3c(nnc2c1-c1ccc(Cl)cc1)C(=O)CC(c1cccs1)C3. The summed E-state index contributed by atoms with van der Waals surface area (Å²) in [5.74, 6) is 0.205. The Bertz CT molecular complexity index is 1180. The number of carbonyl (C=O) groups excluding carboxylic acids is 1. The van der Waals surface area contributed by atoms with Gasteiger partial charge in [0.25, 0.3) is 0 Å². The predicted molar refractivity (Wildman–Crippen MR) is 110 cm³/mol. The van der Waals surface area contributed by atoms with Gasteiger partial charge in [-0.2, -0.15) is 5.10 Å². The molecule has 0 saturated carbocycles. The maximum absolute atomic E-state index is 12.7. The average molecular weight is 409 g/mol. The van der Waals surface area contributed by atoms with Crippen LogP contribution in [-0.2, 0) is 12.8 Å². The van der Waals surface area contributed by atoms with Gasteiger partial charge >= 0.3 is 0 Å². The Morgan fingerprint density at radius 2 is 2.00 bits per heavy atom. The van der Waals surface area contributed by atoms with Gasteiger partial charge < -0.3 is 0 Å². The average Bonchev–Trinajstić information content (AvgIpc) is 3.36. The number of hydrogen-bond donors (Lipinski definition) is 0. The molecule has 0 radical (unpaired) electrons. The second-order valence-electron chi connectivity index (χ2n) is 6.96. The van der Waals surface area contributed by atoms with E-state index in [1.165, 1.54) is 4.88 Å². The van der Waals surface area contributed by atoms with Gasteiger partial charge in [0, 0.05) is 28.7 Å². The smallest absolute Gasteiger partial charge is 0.185 e. The van der Waals surface area contributed by atoms with Crippen LogP contribution < -0.4 is 0 Å². The molecule has 1 unspecified atom stereocenters. The van der Waals surface area contributed by atoms with Crippen molar-refractivity contribution in [3.05, 3.63) is 68.8 Å². The van der Waals surface area contributed by atoms with Crippen LogP contribution in [0.15, 0.2) is 41.8 Å². The van der Waals surface area contributed by atoms with Crippen LogP contribution in [0.4, 0.5) is 0 Å². The van der Waals surface area contributed by atoms with Gasteiger partial charge in [0.1, 0.15) is 0 Å². The van der Waals surface area contributed by atoms with Gasteiger partial charge in [-0.3, -0.25) is 4.79 Å². The van der Waals surface area contributed by atoms with E-state index >= 15 is 0 Å². The first-order chi connectivity index (χ1) is 13.7. The van der Waals surface area contributed by atoms with E-state index in [1.54, 1.807) is 11.3 Å². The number of halogens is 1. The zero-order valence-corrected chi connectivity index (χ0v) is 16.8. The van der Waals surface area contributed by atoms with Crippen molar-refractivity contribution in [3.8, 4) is 11.1 Å². The minimum absolute atomic E-state index is 0.0376. The maximum atomic E-state index is 12.7. The third-order valence-electron chi connectivity index (χ3n) is 5.26. The quantitative estimate of drug-likeness (QED) is 0.479. The molecule has 7 heteroatoms. The van der Waals surface area contributed by atoms with Gasteiger partial charge in [-0.15, -0.1) is 21.5 Å². The van der Waals surface area contributed by atoms with Gasteiger partial charge in [-0.05, 0) is 35.6 Å². The first-order valence-electron chi connectivity index (χ1n) is 9.25. The molecule has 3 aromatic heterocycles. The number of rotatable bonds is 3. The molecule has 0 aliphatic heterocycles. The molecular weight excluding hydrogens is 392 g/mol. The zero-order chi connectivity index (χ0) is 19.3. The molecule has 0 bridgehead atoms. The Morgan fingerprint density at radius 1 is 1.18 bits per heavy atom. The molecule has 28 heavy (non-hydrogen) atoms. The Morgan fingerprint density at radius 3 is 2.71 bits per heavy atom. The second kappa shape index (κ2) is 6.79. The van der Waals surface area contributed by atoms with Gasteiger partial charge in [0.05, 0.1) is 17.0 Å². The zero-order valence-electron chi connectivity index (χ0n) is 15.2. The molecule has 5 rings (SSSR count). The van der Waals surface area contributed by atoms with Crippen molar-refractivity contribution >= 4 is 34.4 Å². The summed E-state index contributed by atoms with van der Waals surface area (Å²) >= 11 is 7.75. The van der Waals surface area contributed by atoms with E-state index in [1.807, 2.05) is 34.8 Å². The lowest BCUT2D eigenvalue weighted by atomic mass is 9.87. The molecular formula is C21H17ClN4OS. The van der Waals surface area contributed by atoms with Crippen LogP contribution in [0.25, 0.3) is 16.8 Å². The largest absolute Gasteiger partial charge is 0.292 e. The van der Waals surface area contributed by atoms with Crippen molar-refractivity contribution in [2.45, 2.75) is 32.1 Å². The molecule has 3 heterocycles. The summed E-state index contributed by atoms with van der Waals surface area (Å²) in [5.41, 5.74) is 4.90. The molecule has 1 atom stereocenters. The molecule has 0 fully saturated rings. The number of aromatic nitrogens is 4. The van der Waals surface area contributed by atoms with E-state index in [-0.39, 0.29) is 11.7 Å². The minimum atomic E-state index is 0.0376. The van der Waals surface area contributed by atoms with E-state index < -0.39 is 0 Å². The topological polar surface area (TPSA) is 60.1 Å². The Balaban J connectivity index is 1.70. The number of nitrogens with zero attached hydrogens (tertiary/aromatic N) is 4. The van der Waals surface area contributed by atoms with Crippen LogP contribution in [0, 0.1) is 0 Å². The maximum Gasteiger partial charge on any atom is 0.185 e. The molecule has 1 aliphatic rings. The van der Waals surface area contributed by atoms with Crippen LogP contribution in [0.5, 0.6) is 0 Å². The summed E-state index contributed by atoms with van der Waals surface area (Å²) in [7, 11) is 0. The molecule has 1 aromatic carbocycles.